The summed E-state index contributed by atoms with van der Waals surface area (Å²) in [6.07, 6.45) is 1.61. The normalized spacial score (nSPS) is 10.5. The van der Waals surface area contributed by atoms with E-state index in [4.69, 9.17) is 5.73 Å². The van der Waals surface area contributed by atoms with E-state index in [9.17, 15) is 9.18 Å². The average Bonchev–Trinajstić information content (AvgIpc) is 2.76. The van der Waals surface area contributed by atoms with E-state index in [1.54, 1.807) is 24.9 Å². The Balaban J connectivity index is 2.24. The number of rotatable bonds is 4. The Morgan fingerprint density at radius 3 is 2.84 bits per heavy atom. The van der Waals surface area contributed by atoms with Gasteiger partial charge in [0.2, 0.25) is 5.91 Å². The lowest BCUT2D eigenvalue weighted by atomic mass is 10.1. The maximum atomic E-state index is 13.7. The van der Waals surface area contributed by atoms with Crippen LogP contribution in [0.1, 0.15) is 21.6 Å². The number of benzene rings is 1. The van der Waals surface area contributed by atoms with E-state index in [2.05, 4.69) is 15.6 Å². The highest BCUT2D eigenvalue weighted by molar-refractivity contribution is 5.94. The highest BCUT2D eigenvalue weighted by Gasteiger charge is 2.10. The topological polar surface area (TPSA) is 85.8 Å². The number of primary amides is 1. The van der Waals surface area contributed by atoms with Crippen molar-refractivity contribution in [1.82, 2.24) is 15.0 Å². The van der Waals surface area contributed by atoms with Crippen molar-refractivity contribution in [3.05, 3.63) is 41.0 Å². The van der Waals surface area contributed by atoms with Gasteiger partial charge in [-0.15, -0.1) is 5.10 Å². The largest absolute Gasteiger partial charge is 0.379 e. The molecule has 0 radical (unpaired) electrons. The molecule has 0 aliphatic rings. The van der Waals surface area contributed by atoms with Crippen LogP contribution in [0.25, 0.3) is 0 Å². The molecule has 0 bridgehead atoms. The summed E-state index contributed by atoms with van der Waals surface area (Å²) in [5, 5.41) is 10.6. The molecular weight excluding hydrogens is 249 g/mol. The zero-order valence-corrected chi connectivity index (χ0v) is 10.6. The molecule has 1 amide bonds. The molecule has 7 heteroatoms. The summed E-state index contributed by atoms with van der Waals surface area (Å²) in [6, 6.07) is 2.67. The van der Waals surface area contributed by atoms with Crippen LogP contribution in [-0.4, -0.2) is 20.9 Å². The van der Waals surface area contributed by atoms with Crippen molar-refractivity contribution in [3.63, 3.8) is 0 Å². The summed E-state index contributed by atoms with van der Waals surface area (Å²) in [5.41, 5.74) is 7.08. The van der Waals surface area contributed by atoms with Crippen molar-refractivity contribution in [2.75, 3.05) is 5.32 Å². The first kappa shape index (κ1) is 13.0. The number of nitrogens with one attached hydrogen (secondary N) is 1. The number of amides is 1. The third-order valence-electron chi connectivity index (χ3n) is 2.90. The molecule has 0 aliphatic heterocycles. The van der Waals surface area contributed by atoms with Gasteiger partial charge in [-0.2, -0.15) is 0 Å². The van der Waals surface area contributed by atoms with Gasteiger partial charge in [0.15, 0.2) is 0 Å². The molecule has 1 heterocycles. The first-order valence-electron chi connectivity index (χ1n) is 5.66. The second-order valence-electron chi connectivity index (χ2n) is 4.20. The van der Waals surface area contributed by atoms with Crippen molar-refractivity contribution >= 4 is 11.6 Å². The molecule has 0 atom stereocenters. The fraction of sp³-hybridized carbons (Fsp3) is 0.250. The number of carbonyl (C=O) groups excluding carboxylic acids is 1. The lowest BCUT2D eigenvalue weighted by Crippen LogP contribution is -2.13. The summed E-state index contributed by atoms with van der Waals surface area (Å²) in [5.74, 6) is -1.13. The zero-order valence-electron chi connectivity index (χ0n) is 10.6. The van der Waals surface area contributed by atoms with Gasteiger partial charge in [0.05, 0.1) is 18.4 Å². The molecule has 3 N–H and O–H groups in total. The maximum absolute atomic E-state index is 13.7. The number of carbonyl (C=O) groups is 1. The SMILES string of the molecule is Cc1c(F)cc(C(N)=O)cc1NCc1cnnn1C. The van der Waals surface area contributed by atoms with Crippen LogP contribution in [0, 0.1) is 12.7 Å². The van der Waals surface area contributed by atoms with Gasteiger partial charge in [-0.3, -0.25) is 9.48 Å². The van der Waals surface area contributed by atoms with E-state index in [1.807, 2.05) is 0 Å². The average molecular weight is 263 g/mol. The van der Waals surface area contributed by atoms with E-state index in [-0.39, 0.29) is 5.56 Å². The molecule has 0 saturated heterocycles. The molecule has 2 rings (SSSR count). The molecule has 0 fully saturated rings. The van der Waals surface area contributed by atoms with Crippen LogP contribution in [0.3, 0.4) is 0 Å². The molecule has 0 spiro atoms. The molecule has 100 valence electrons. The van der Waals surface area contributed by atoms with Crippen molar-refractivity contribution < 1.29 is 9.18 Å². The fourth-order valence-electron chi connectivity index (χ4n) is 1.66. The molecule has 0 unspecified atom stereocenters. The van der Waals surface area contributed by atoms with Crippen LogP contribution in [0.15, 0.2) is 18.3 Å². The predicted octanol–water partition coefficient (Wildman–Crippen LogP) is 0.974. The van der Waals surface area contributed by atoms with Crippen LogP contribution >= 0.6 is 0 Å². The lowest BCUT2D eigenvalue weighted by Gasteiger charge is -2.11. The monoisotopic (exact) mass is 263 g/mol. The first-order chi connectivity index (χ1) is 8.99. The van der Waals surface area contributed by atoms with Gasteiger partial charge in [0, 0.05) is 23.9 Å². The van der Waals surface area contributed by atoms with Crippen LogP contribution in [0.4, 0.5) is 10.1 Å². The van der Waals surface area contributed by atoms with Crippen LogP contribution in [0.5, 0.6) is 0 Å². The van der Waals surface area contributed by atoms with E-state index >= 15 is 0 Å². The quantitative estimate of drug-likeness (QED) is 0.860. The highest BCUT2D eigenvalue weighted by Crippen LogP contribution is 2.21. The molecule has 0 aliphatic carbocycles. The van der Waals surface area contributed by atoms with E-state index in [0.717, 1.165) is 11.8 Å². The van der Waals surface area contributed by atoms with E-state index in [0.29, 0.717) is 17.8 Å². The Morgan fingerprint density at radius 2 is 2.26 bits per heavy atom. The summed E-state index contributed by atoms with van der Waals surface area (Å²) in [6.45, 7) is 2.05. The molecule has 6 nitrogen and oxygen atoms in total. The minimum absolute atomic E-state index is 0.133. The number of anilines is 1. The summed E-state index contributed by atoms with van der Waals surface area (Å²) in [7, 11) is 1.76. The van der Waals surface area contributed by atoms with E-state index < -0.39 is 11.7 Å². The predicted molar refractivity (Wildman–Crippen MR) is 68.0 cm³/mol. The highest BCUT2D eigenvalue weighted by atomic mass is 19.1. The Morgan fingerprint density at radius 1 is 1.53 bits per heavy atom. The smallest absolute Gasteiger partial charge is 0.248 e. The van der Waals surface area contributed by atoms with Gasteiger partial charge in [-0.1, -0.05) is 5.21 Å². The van der Waals surface area contributed by atoms with Gasteiger partial charge in [-0.25, -0.2) is 4.39 Å². The second-order valence-corrected chi connectivity index (χ2v) is 4.20. The summed E-state index contributed by atoms with van der Waals surface area (Å²) >= 11 is 0. The lowest BCUT2D eigenvalue weighted by molar-refractivity contribution is 0.1000. The number of nitrogens with two attached hydrogens (primary N) is 1. The van der Waals surface area contributed by atoms with Gasteiger partial charge in [0.25, 0.3) is 0 Å². The number of hydrogen-bond acceptors (Lipinski definition) is 4. The van der Waals surface area contributed by atoms with Crippen molar-refractivity contribution in [3.8, 4) is 0 Å². The van der Waals surface area contributed by atoms with Crippen molar-refractivity contribution in [1.29, 1.82) is 0 Å². The second kappa shape index (κ2) is 5.05. The van der Waals surface area contributed by atoms with Crippen LogP contribution < -0.4 is 11.1 Å². The number of aryl methyl sites for hydroxylation is 1. The van der Waals surface area contributed by atoms with Gasteiger partial charge < -0.3 is 11.1 Å². The van der Waals surface area contributed by atoms with Gasteiger partial charge in [-0.05, 0) is 19.1 Å². The van der Waals surface area contributed by atoms with Crippen molar-refractivity contribution in [2.45, 2.75) is 13.5 Å². The van der Waals surface area contributed by atoms with E-state index in [1.165, 1.54) is 6.07 Å². The molecular formula is C12H14FN5O. The molecule has 1 aromatic carbocycles. The Bertz CT molecular complexity index is 623. The minimum Gasteiger partial charge on any atom is -0.379 e. The van der Waals surface area contributed by atoms with Gasteiger partial charge >= 0.3 is 0 Å². The summed E-state index contributed by atoms with van der Waals surface area (Å²) in [4.78, 5) is 11.1. The number of aromatic nitrogens is 3. The zero-order chi connectivity index (χ0) is 14.0. The molecule has 0 saturated carbocycles. The number of halogens is 1. The third kappa shape index (κ3) is 2.70. The minimum atomic E-state index is -0.663. The van der Waals surface area contributed by atoms with Crippen molar-refractivity contribution in [2.24, 2.45) is 12.8 Å². The standard InChI is InChI=1S/C12H14FN5O/c1-7-10(13)3-8(12(14)19)4-11(7)15-5-9-6-16-17-18(9)2/h3-4,6,15H,5H2,1-2H3,(H2,14,19). The maximum Gasteiger partial charge on any atom is 0.248 e. The first-order valence-corrected chi connectivity index (χ1v) is 5.66. The third-order valence-corrected chi connectivity index (χ3v) is 2.90. The Labute approximate surface area is 109 Å². The van der Waals surface area contributed by atoms with Crippen LogP contribution in [0.2, 0.25) is 0 Å². The Kier molecular flexibility index (Phi) is 3.46. The Hall–Kier alpha value is -2.44. The summed E-state index contributed by atoms with van der Waals surface area (Å²) < 4.78 is 15.3. The van der Waals surface area contributed by atoms with Crippen LogP contribution in [-0.2, 0) is 13.6 Å². The molecule has 1 aromatic heterocycles. The number of nitrogens with zero attached hydrogens (tertiary/aromatic N) is 3. The molecule has 19 heavy (non-hydrogen) atoms. The molecule has 2 aromatic rings. The fourth-order valence-corrected chi connectivity index (χ4v) is 1.66. The number of hydrogen-bond donors (Lipinski definition) is 2. The van der Waals surface area contributed by atoms with Gasteiger partial charge in [0.1, 0.15) is 5.82 Å².